The van der Waals surface area contributed by atoms with E-state index < -0.39 is 0 Å². The lowest BCUT2D eigenvalue weighted by molar-refractivity contribution is -0.130. The Hall–Kier alpha value is -0.870. The van der Waals surface area contributed by atoms with Crippen molar-refractivity contribution >= 4 is 17.2 Å². The summed E-state index contributed by atoms with van der Waals surface area (Å²) in [5, 5.41) is 0. The second-order valence-corrected chi connectivity index (χ2v) is 5.93. The van der Waals surface area contributed by atoms with Gasteiger partial charge in [-0.2, -0.15) is 0 Å². The molecule has 88 valence electrons. The van der Waals surface area contributed by atoms with Crippen molar-refractivity contribution in [2.75, 3.05) is 6.54 Å². The third-order valence-corrected chi connectivity index (χ3v) is 4.26. The second-order valence-electron chi connectivity index (χ2n) is 4.47. The Labute approximate surface area is 100 Å². The van der Waals surface area contributed by atoms with Crippen molar-refractivity contribution in [3.8, 4) is 0 Å². The molecule has 1 aliphatic heterocycles. The van der Waals surface area contributed by atoms with E-state index in [2.05, 4.69) is 26.8 Å². The van der Waals surface area contributed by atoms with E-state index in [1.165, 1.54) is 15.3 Å². The summed E-state index contributed by atoms with van der Waals surface area (Å²) in [4.78, 5) is 16.3. The van der Waals surface area contributed by atoms with Crippen LogP contribution in [0, 0.1) is 13.8 Å². The predicted molar refractivity (Wildman–Crippen MR) is 66.5 cm³/mol. The Morgan fingerprint density at radius 1 is 1.56 bits per heavy atom. The number of carbonyl (C=O) groups excluding carboxylic acids is 1. The van der Waals surface area contributed by atoms with Gasteiger partial charge in [-0.25, -0.2) is 0 Å². The lowest BCUT2D eigenvalue weighted by Crippen LogP contribution is -2.35. The number of carbonyl (C=O) groups is 1. The number of rotatable bonds is 2. The van der Waals surface area contributed by atoms with Gasteiger partial charge in [-0.3, -0.25) is 4.79 Å². The number of thiophene rings is 1. The van der Waals surface area contributed by atoms with Gasteiger partial charge in [0.05, 0.1) is 12.1 Å². The van der Waals surface area contributed by atoms with Crippen LogP contribution in [0.1, 0.15) is 34.7 Å². The van der Waals surface area contributed by atoms with E-state index in [4.69, 9.17) is 5.73 Å². The number of hydrogen-bond donors (Lipinski definition) is 1. The van der Waals surface area contributed by atoms with Gasteiger partial charge in [-0.1, -0.05) is 0 Å². The molecule has 16 heavy (non-hydrogen) atoms. The van der Waals surface area contributed by atoms with E-state index in [1.807, 2.05) is 4.90 Å². The third kappa shape index (κ3) is 1.87. The highest BCUT2D eigenvalue weighted by Crippen LogP contribution is 2.31. The van der Waals surface area contributed by atoms with Crippen molar-refractivity contribution in [2.45, 2.75) is 39.3 Å². The fourth-order valence-corrected chi connectivity index (χ4v) is 3.36. The molecule has 2 heterocycles. The molecule has 0 saturated carbocycles. The van der Waals surface area contributed by atoms with Crippen LogP contribution in [-0.2, 0) is 4.79 Å². The molecule has 0 spiro atoms. The summed E-state index contributed by atoms with van der Waals surface area (Å²) in [5.74, 6) is 0.0933. The van der Waals surface area contributed by atoms with Gasteiger partial charge in [0.15, 0.2) is 0 Å². The second kappa shape index (κ2) is 4.18. The molecular formula is C12H18N2OS. The van der Waals surface area contributed by atoms with Crippen LogP contribution in [0.25, 0.3) is 0 Å². The van der Waals surface area contributed by atoms with E-state index in [0.29, 0.717) is 0 Å². The standard InChI is InChI=1S/C12H18N2OS/c1-7-6-10(9(3)16-7)8(2)14-5-4-11(13)12(14)15/h6,8,11H,4-5,13H2,1-3H3. The Morgan fingerprint density at radius 2 is 2.25 bits per heavy atom. The Kier molecular flexibility index (Phi) is 3.04. The van der Waals surface area contributed by atoms with Crippen molar-refractivity contribution in [3.05, 3.63) is 21.4 Å². The first-order valence-corrected chi connectivity index (χ1v) is 6.45. The lowest BCUT2D eigenvalue weighted by atomic mass is 10.1. The Morgan fingerprint density at radius 3 is 2.69 bits per heavy atom. The van der Waals surface area contributed by atoms with Gasteiger partial charge in [-0.15, -0.1) is 11.3 Å². The van der Waals surface area contributed by atoms with E-state index in [9.17, 15) is 4.79 Å². The van der Waals surface area contributed by atoms with Crippen LogP contribution >= 0.6 is 11.3 Å². The van der Waals surface area contributed by atoms with Gasteiger partial charge < -0.3 is 10.6 Å². The number of nitrogens with two attached hydrogens (primary N) is 1. The largest absolute Gasteiger partial charge is 0.334 e. The topological polar surface area (TPSA) is 46.3 Å². The number of hydrogen-bond acceptors (Lipinski definition) is 3. The summed E-state index contributed by atoms with van der Waals surface area (Å²) in [6.45, 7) is 7.09. The van der Waals surface area contributed by atoms with Gasteiger partial charge in [0.25, 0.3) is 0 Å². The SMILES string of the molecule is Cc1cc(C(C)N2CCC(N)C2=O)c(C)s1. The van der Waals surface area contributed by atoms with E-state index in [1.54, 1.807) is 11.3 Å². The zero-order valence-electron chi connectivity index (χ0n) is 9.99. The van der Waals surface area contributed by atoms with Crippen LogP contribution in [0.4, 0.5) is 0 Å². The predicted octanol–water partition coefficient (Wildman–Crippen LogP) is 1.99. The maximum Gasteiger partial charge on any atom is 0.240 e. The molecule has 2 rings (SSSR count). The van der Waals surface area contributed by atoms with Gasteiger partial charge in [0, 0.05) is 16.3 Å². The average molecular weight is 238 g/mol. The molecule has 0 aromatic carbocycles. The van der Waals surface area contributed by atoms with Crippen molar-refractivity contribution in [3.63, 3.8) is 0 Å². The molecule has 2 unspecified atom stereocenters. The quantitative estimate of drug-likeness (QED) is 0.856. The van der Waals surface area contributed by atoms with Gasteiger partial charge in [0.2, 0.25) is 5.91 Å². The van der Waals surface area contributed by atoms with Gasteiger partial charge in [-0.05, 0) is 38.8 Å². The van der Waals surface area contributed by atoms with E-state index >= 15 is 0 Å². The maximum absolute atomic E-state index is 11.8. The van der Waals surface area contributed by atoms with Crippen LogP contribution in [0.2, 0.25) is 0 Å². The van der Waals surface area contributed by atoms with Crippen LogP contribution in [0.5, 0.6) is 0 Å². The summed E-state index contributed by atoms with van der Waals surface area (Å²) in [7, 11) is 0. The monoisotopic (exact) mass is 238 g/mol. The van der Waals surface area contributed by atoms with Crippen LogP contribution in [0.15, 0.2) is 6.07 Å². The number of amides is 1. The number of nitrogens with zero attached hydrogens (tertiary/aromatic N) is 1. The minimum Gasteiger partial charge on any atom is -0.334 e. The van der Waals surface area contributed by atoms with Crippen molar-refractivity contribution in [2.24, 2.45) is 5.73 Å². The molecule has 1 aromatic rings. The zero-order valence-corrected chi connectivity index (χ0v) is 10.8. The molecule has 1 aromatic heterocycles. The van der Waals surface area contributed by atoms with Gasteiger partial charge in [0.1, 0.15) is 0 Å². The summed E-state index contributed by atoms with van der Waals surface area (Å²) >= 11 is 1.79. The molecule has 1 saturated heterocycles. The van der Waals surface area contributed by atoms with Crippen LogP contribution in [-0.4, -0.2) is 23.4 Å². The molecule has 3 nitrogen and oxygen atoms in total. The summed E-state index contributed by atoms with van der Waals surface area (Å²) in [5.41, 5.74) is 7.01. The zero-order chi connectivity index (χ0) is 11.9. The lowest BCUT2D eigenvalue weighted by Gasteiger charge is -2.24. The molecular weight excluding hydrogens is 220 g/mol. The molecule has 0 radical (unpaired) electrons. The molecule has 2 atom stereocenters. The minimum atomic E-state index is -0.289. The number of likely N-dealkylation sites (tertiary alicyclic amines) is 1. The number of aryl methyl sites for hydroxylation is 2. The van der Waals surface area contributed by atoms with Crippen molar-refractivity contribution < 1.29 is 4.79 Å². The Bertz CT molecular complexity index is 413. The normalized spacial score (nSPS) is 22.9. The molecule has 1 aliphatic rings. The molecule has 0 bridgehead atoms. The molecule has 4 heteroatoms. The highest BCUT2D eigenvalue weighted by Gasteiger charge is 2.33. The molecule has 1 amide bonds. The summed E-state index contributed by atoms with van der Waals surface area (Å²) < 4.78 is 0. The molecule has 1 fully saturated rings. The van der Waals surface area contributed by atoms with Crippen LogP contribution < -0.4 is 5.73 Å². The highest BCUT2D eigenvalue weighted by atomic mass is 32.1. The summed E-state index contributed by atoms with van der Waals surface area (Å²) in [6, 6.07) is 2.05. The Balaban J connectivity index is 2.22. The van der Waals surface area contributed by atoms with Crippen molar-refractivity contribution in [1.82, 2.24) is 4.90 Å². The maximum atomic E-state index is 11.8. The smallest absolute Gasteiger partial charge is 0.240 e. The average Bonchev–Trinajstić information content (AvgIpc) is 2.71. The van der Waals surface area contributed by atoms with E-state index in [0.717, 1.165) is 13.0 Å². The van der Waals surface area contributed by atoms with Crippen molar-refractivity contribution in [1.29, 1.82) is 0 Å². The molecule has 2 N–H and O–H groups in total. The minimum absolute atomic E-state index is 0.0933. The highest BCUT2D eigenvalue weighted by molar-refractivity contribution is 7.12. The first-order valence-electron chi connectivity index (χ1n) is 5.63. The van der Waals surface area contributed by atoms with Crippen LogP contribution in [0.3, 0.4) is 0 Å². The van der Waals surface area contributed by atoms with E-state index in [-0.39, 0.29) is 18.0 Å². The molecule has 0 aliphatic carbocycles. The fourth-order valence-electron chi connectivity index (χ4n) is 2.34. The third-order valence-electron chi connectivity index (χ3n) is 3.28. The fraction of sp³-hybridized carbons (Fsp3) is 0.583. The first kappa shape index (κ1) is 11.6. The first-order chi connectivity index (χ1) is 7.50. The summed E-state index contributed by atoms with van der Waals surface area (Å²) in [6.07, 6.45) is 0.783. The van der Waals surface area contributed by atoms with Gasteiger partial charge >= 0.3 is 0 Å².